The van der Waals surface area contributed by atoms with Crippen LogP contribution in [-0.4, -0.2) is 12.1 Å². The fourth-order valence-corrected chi connectivity index (χ4v) is 1.37. The molecule has 0 spiro atoms. The molecule has 0 aliphatic rings. The summed E-state index contributed by atoms with van der Waals surface area (Å²) in [6.45, 7) is 0. The third-order valence-corrected chi connectivity index (χ3v) is 2.19. The second-order valence-electron chi connectivity index (χ2n) is 2.32. The van der Waals surface area contributed by atoms with E-state index in [1.807, 2.05) is 0 Å². The van der Waals surface area contributed by atoms with E-state index in [0.717, 1.165) is 6.20 Å². The van der Waals surface area contributed by atoms with E-state index in [-0.39, 0.29) is 15.9 Å². The van der Waals surface area contributed by atoms with Gasteiger partial charge in [0.1, 0.15) is 16.4 Å². The van der Waals surface area contributed by atoms with Gasteiger partial charge < -0.3 is 4.74 Å². The maximum atomic E-state index is 12.6. The Hall–Kier alpha value is -1.22. The lowest BCUT2D eigenvalue weighted by molar-refractivity contribution is 0.146. The molecule has 0 aliphatic heterocycles. The van der Waals surface area contributed by atoms with Gasteiger partial charge >= 0.3 is 0 Å². The van der Waals surface area contributed by atoms with Crippen molar-refractivity contribution >= 4 is 15.9 Å². The van der Waals surface area contributed by atoms with Crippen molar-refractivity contribution in [1.82, 2.24) is 4.98 Å². The van der Waals surface area contributed by atoms with Crippen LogP contribution in [0.5, 0.6) is 5.75 Å². The Balaban J connectivity index is 3.46. The fraction of sp³-hybridized carbons (Fsp3) is 0.250. The van der Waals surface area contributed by atoms with Crippen LogP contribution in [0.2, 0.25) is 0 Å². The predicted octanol–water partition coefficient (Wildman–Crippen LogP) is 2.66. The maximum absolute atomic E-state index is 12.6. The Morgan fingerprint density at radius 3 is 2.71 bits per heavy atom. The number of methoxy groups -OCH3 is 1. The Kier molecular flexibility index (Phi) is 3.36. The highest BCUT2D eigenvalue weighted by molar-refractivity contribution is 9.10. The molecule has 0 radical (unpaired) electrons. The van der Waals surface area contributed by atoms with Crippen LogP contribution >= 0.6 is 15.9 Å². The number of alkyl halides is 2. The van der Waals surface area contributed by atoms with Crippen LogP contribution in [0.4, 0.5) is 8.78 Å². The highest BCUT2D eigenvalue weighted by Crippen LogP contribution is 2.34. The lowest BCUT2D eigenvalue weighted by Gasteiger charge is -2.09. The van der Waals surface area contributed by atoms with Crippen LogP contribution in [-0.2, 0) is 0 Å². The first kappa shape index (κ1) is 10.9. The molecular formula is C8H5BrF2N2O. The molecule has 0 N–H and O–H groups in total. The standard InChI is InChI=1S/C8H5BrF2N2O/c1-14-5-3-13-7(9)4(2-12)6(5)8(10)11/h3,8H,1H3. The van der Waals surface area contributed by atoms with Gasteiger partial charge in [-0.15, -0.1) is 0 Å². The van der Waals surface area contributed by atoms with Crippen molar-refractivity contribution in [3.63, 3.8) is 0 Å². The van der Waals surface area contributed by atoms with Crippen LogP contribution < -0.4 is 4.74 Å². The first-order chi connectivity index (χ1) is 6.61. The van der Waals surface area contributed by atoms with E-state index in [1.54, 1.807) is 6.07 Å². The summed E-state index contributed by atoms with van der Waals surface area (Å²) in [5.74, 6) is -0.0836. The van der Waals surface area contributed by atoms with Crippen molar-refractivity contribution < 1.29 is 13.5 Å². The first-order valence-corrected chi connectivity index (χ1v) is 4.31. The number of pyridine rings is 1. The average molecular weight is 263 g/mol. The van der Waals surface area contributed by atoms with Gasteiger partial charge in [-0.3, -0.25) is 0 Å². The molecule has 0 aliphatic carbocycles. The van der Waals surface area contributed by atoms with Crippen molar-refractivity contribution in [3.8, 4) is 11.8 Å². The zero-order valence-electron chi connectivity index (χ0n) is 7.09. The van der Waals surface area contributed by atoms with E-state index >= 15 is 0 Å². The number of nitrogens with zero attached hydrogens (tertiary/aromatic N) is 2. The molecule has 74 valence electrons. The number of hydrogen-bond acceptors (Lipinski definition) is 3. The molecule has 6 heteroatoms. The third kappa shape index (κ3) is 1.82. The van der Waals surface area contributed by atoms with Gasteiger partial charge in [-0.2, -0.15) is 5.26 Å². The van der Waals surface area contributed by atoms with E-state index in [2.05, 4.69) is 25.7 Å². The van der Waals surface area contributed by atoms with Crippen LogP contribution in [0, 0.1) is 11.3 Å². The van der Waals surface area contributed by atoms with Crippen LogP contribution in [0.15, 0.2) is 10.8 Å². The highest BCUT2D eigenvalue weighted by Gasteiger charge is 2.21. The van der Waals surface area contributed by atoms with Crippen LogP contribution in [0.3, 0.4) is 0 Å². The van der Waals surface area contributed by atoms with Gasteiger partial charge in [0.25, 0.3) is 6.43 Å². The second kappa shape index (κ2) is 4.33. The van der Waals surface area contributed by atoms with E-state index in [4.69, 9.17) is 5.26 Å². The van der Waals surface area contributed by atoms with Crippen LogP contribution in [0.1, 0.15) is 17.6 Å². The minimum atomic E-state index is -2.76. The number of aromatic nitrogens is 1. The summed E-state index contributed by atoms with van der Waals surface area (Å²) in [5, 5.41) is 8.66. The van der Waals surface area contributed by atoms with E-state index in [9.17, 15) is 8.78 Å². The molecule has 0 fully saturated rings. The molecule has 1 rings (SSSR count). The largest absolute Gasteiger partial charge is 0.495 e. The molecule has 0 atom stereocenters. The number of hydrogen-bond donors (Lipinski definition) is 0. The first-order valence-electron chi connectivity index (χ1n) is 3.52. The molecule has 1 aromatic rings. The maximum Gasteiger partial charge on any atom is 0.268 e. The Bertz CT molecular complexity index is 390. The molecule has 0 bridgehead atoms. The summed E-state index contributed by atoms with van der Waals surface area (Å²) in [7, 11) is 1.25. The van der Waals surface area contributed by atoms with Gasteiger partial charge in [-0.25, -0.2) is 13.8 Å². The van der Waals surface area contributed by atoms with E-state index in [1.165, 1.54) is 7.11 Å². The number of halogens is 3. The van der Waals surface area contributed by atoms with Gasteiger partial charge in [0.15, 0.2) is 0 Å². The zero-order chi connectivity index (χ0) is 10.7. The van der Waals surface area contributed by atoms with Gasteiger partial charge in [0.2, 0.25) is 0 Å². The molecule has 0 aromatic carbocycles. The molecular weight excluding hydrogens is 258 g/mol. The molecule has 14 heavy (non-hydrogen) atoms. The fourth-order valence-electron chi connectivity index (χ4n) is 0.969. The zero-order valence-corrected chi connectivity index (χ0v) is 8.68. The van der Waals surface area contributed by atoms with Gasteiger partial charge in [-0.1, -0.05) is 0 Å². The van der Waals surface area contributed by atoms with Gasteiger partial charge in [-0.05, 0) is 15.9 Å². The number of nitriles is 1. The SMILES string of the molecule is COc1cnc(Br)c(C#N)c1C(F)F. The summed E-state index contributed by atoms with van der Waals surface area (Å²) in [6.07, 6.45) is -1.62. The number of rotatable bonds is 2. The quantitative estimate of drug-likeness (QED) is 0.770. The Morgan fingerprint density at radius 1 is 1.64 bits per heavy atom. The molecule has 1 aromatic heterocycles. The number of ether oxygens (including phenoxy) is 1. The Labute approximate surface area is 87.5 Å². The van der Waals surface area contributed by atoms with Gasteiger partial charge in [0, 0.05) is 0 Å². The van der Waals surface area contributed by atoms with Crippen molar-refractivity contribution in [1.29, 1.82) is 5.26 Å². The van der Waals surface area contributed by atoms with Crippen molar-refractivity contribution in [2.24, 2.45) is 0 Å². The van der Waals surface area contributed by atoms with Crippen molar-refractivity contribution in [3.05, 3.63) is 21.9 Å². The summed E-state index contributed by atoms with van der Waals surface area (Å²) in [4.78, 5) is 3.70. The lowest BCUT2D eigenvalue weighted by Crippen LogP contribution is -1.99. The van der Waals surface area contributed by atoms with Crippen LogP contribution in [0.25, 0.3) is 0 Å². The molecule has 0 amide bonds. The molecule has 0 saturated carbocycles. The lowest BCUT2D eigenvalue weighted by atomic mass is 10.1. The normalized spacial score (nSPS) is 10.0. The minimum Gasteiger partial charge on any atom is -0.495 e. The van der Waals surface area contributed by atoms with Crippen molar-refractivity contribution in [2.45, 2.75) is 6.43 Å². The molecule has 3 nitrogen and oxygen atoms in total. The minimum absolute atomic E-state index is 0.0836. The smallest absolute Gasteiger partial charge is 0.268 e. The third-order valence-electron chi connectivity index (χ3n) is 1.59. The molecule has 0 unspecified atom stereocenters. The summed E-state index contributed by atoms with van der Waals surface area (Å²) in [6, 6.07) is 1.65. The highest BCUT2D eigenvalue weighted by atomic mass is 79.9. The van der Waals surface area contributed by atoms with Gasteiger partial charge in [0.05, 0.1) is 24.4 Å². The predicted molar refractivity (Wildman–Crippen MR) is 48.2 cm³/mol. The van der Waals surface area contributed by atoms with Crippen molar-refractivity contribution in [2.75, 3.05) is 7.11 Å². The topological polar surface area (TPSA) is 45.9 Å². The van der Waals surface area contributed by atoms with E-state index in [0.29, 0.717) is 0 Å². The van der Waals surface area contributed by atoms with E-state index < -0.39 is 12.0 Å². The second-order valence-corrected chi connectivity index (χ2v) is 3.07. The monoisotopic (exact) mass is 262 g/mol. The average Bonchev–Trinajstić information content (AvgIpc) is 2.17. The summed E-state index contributed by atoms with van der Waals surface area (Å²) >= 11 is 2.92. The summed E-state index contributed by atoms with van der Waals surface area (Å²) < 4.78 is 29.9. The summed E-state index contributed by atoms with van der Waals surface area (Å²) in [5.41, 5.74) is -0.628. The Morgan fingerprint density at radius 2 is 2.29 bits per heavy atom. The molecule has 0 saturated heterocycles. The molecule has 1 heterocycles.